The van der Waals surface area contributed by atoms with Crippen LogP contribution in [-0.2, 0) is 16.0 Å². The van der Waals surface area contributed by atoms with E-state index in [0.717, 1.165) is 16.9 Å². The van der Waals surface area contributed by atoms with E-state index in [1.165, 1.54) is 0 Å². The number of nitrogens with zero attached hydrogens (tertiary/aromatic N) is 2. The molecule has 6 nitrogen and oxygen atoms in total. The van der Waals surface area contributed by atoms with E-state index in [-0.39, 0.29) is 0 Å². The number of hydrogen-bond acceptors (Lipinski definition) is 4. The van der Waals surface area contributed by atoms with Crippen molar-refractivity contribution in [3.63, 3.8) is 0 Å². The number of rotatable bonds is 3. The Hall–Kier alpha value is -3.12. The quantitative estimate of drug-likeness (QED) is 0.704. The van der Waals surface area contributed by atoms with Crippen molar-refractivity contribution in [3.05, 3.63) is 76.4 Å². The Bertz CT molecular complexity index is 1040. The third-order valence-corrected chi connectivity index (χ3v) is 4.55. The number of aromatic nitrogens is 2. The summed E-state index contributed by atoms with van der Waals surface area (Å²) in [7, 11) is 0. The Morgan fingerprint density at radius 3 is 2.85 bits per heavy atom. The number of fused-ring (bicyclic) bond motifs is 1. The number of anilines is 1. The van der Waals surface area contributed by atoms with Crippen LogP contribution in [-0.4, -0.2) is 27.8 Å². The van der Waals surface area contributed by atoms with Gasteiger partial charge in [0, 0.05) is 17.5 Å². The van der Waals surface area contributed by atoms with E-state index in [0.29, 0.717) is 22.8 Å². The lowest BCUT2D eigenvalue weighted by atomic mass is 9.98. The average molecular weight is 382 g/mol. The number of nitrogens with one attached hydrogen (secondary N) is 1. The monoisotopic (exact) mass is 381 g/mol. The van der Waals surface area contributed by atoms with Crippen LogP contribution in [0, 0.1) is 6.92 Å². The first-order valence-electron chi connectivity index (χ1n) is 8.43. The molecule has 0 fully saturated rings. The molecule has 3 aromatic rings. The topological polar surface area (TPSA) is 73.2 Å². The SMILES string of the molecule is Cc1cc(NC(=O)C2Cc3ccccc3C(=O)O2)n(-c2cccc(Cl)c2)n1. The summed E-state index contributed by atoms with van der Waals surface area (Å²) in [6, 6.07) is 16.0. The molecule has 0 aliphatic carbocycles. The van der Waals surface area contributed by atoms with E-state index in [1.54, 1.807) is 41.1 Å². The summed E-state index contributed by atoms with van der Waals surface area (Å²) in [5.74, 6) is -0.410. The normalized spacial score (nSPS) is 15.8. The zero-order chi connectivity index (χ0) is 19.0. The van der Waals surface area contributed by atoms with Crippen LogP contribution >= 0.6 is 11.6 Å². The second kappa shape index (κ2) is 6.89. The van der Waals surface area contributed by atoms with Crippen molar-refractivity contribution in [1.29, 1.82) is 0 Å². The van der Waals surface area contributed by atoms with E-state index < -0.39 is 18.0 Å². The van der Waals surface area contributed by atoms with Crippen molar-refractivity contribution in [2.75, 3.05) is 5.32 Å². The molecule has 0 saturated heterocycles. The Balaban J connectivity index is 1.59. The number of halogens is 1. The van der Waals surface area contributed by atoms with Gasteiger partial charge in [-0.25, -0.2) is 9.48 Å². The molecular weight excluding hydrogens is 366 g/mol. The van der Waals surface area contributed by atoms with Gasteiger partial charge in [-0.15, -0.1) is 0 Å². The van der Waals surface area contributed by atoms with Crippen LogP contribution < -0.4 is 5.32 Å². The van der Waals surface area contributed by atoms with Gasteiger partial charge in [0.25, 0.3) is 5.91 Å². The molecule has 1 aliphatic rings. The maximum atomic E-state index is 12.7. The molecule has 2 aromatic carbocycles. The summed E-state index contributed by atoms with van der Waals surface area (Å²) in [4.78, 5) is 24.9. The number of cyclic esters (lactones) is 1. The van der Waals surface area contributed by atoms with E-state index in [4.69, 9.17) is 16.3 Å². The Kier molecular flexibility index (Phi) is 4.41. The van der Waals surface area contributed by atoms with Gasteiger partial charge in [-0.1, -0.05) is 35.9 Å². The number of hydrogen-bond donors (Lipinski definition) is 1. The van der Waals surface area contributed by atoms with Crippen LogP contribution in [0.15, 0.2) is 54.6 Å². The van der Waals surface area contributed by atoms with Crippen LogP contribution in [0.5, 0.6) is 0 Å². The molecule has 1 aliphatic heterocycles. The minimum Gasteiger partial charge on any atom is -0.448 e. The third kappa shape index (κ3) is 3.44. The number of benzene rings is 2. The maximum absolute atomic E-state index is 12.7. The highest BCUT2D eigenvalue weighted by Crippen LogP contribution is 2.23. The lowest BCUT2D eigenvalue weighted by molar-refractivity contribution is -0.125. The van der Waals surface area contributed by atoms with Gasteiger partial charge in [0.05, 0.1) is 16.9 Å². The Labute approximate surface area is 160 Å². The summed E-state index contributed by atoms with van der Waals surface area (Å²) in [5, 5.41) is 7.78. The number of ether oxygens (including phenoxy) is 1. The molecule has 0 radical (unpaired) electrons. The molecule has 27 heavy (non-hydrogen) atoms. The predicted molar refractivity (Wildman–Crippen MR) is 101 cm³/mol. The van der Waals surface area contributed by atoms with Gasteiger partial charge in [-0.05, 0) is 36.8 Å². The lowest BCUT2D eigenvalue weighted by Gasteiger charge is -2.23. The summed E-state index contributed by atoms with van der Waals surface area (Å²) in [5.41, 5.74) is 2.75. The number of carbonyl (C=O) groups is 2. The second-order valence-corrected chi connectivity index (χ2v) is 6.74. The highest BCUT2D eigenvalue weighted by Gasteiger charge is 2.31. The zero-order valence-corrected chi connectivity index (χ0v) is 15.2. The van der Waals surface area contributed by atoms with Crippen LogP contribution in [0.3, 0.4) is 0 Å². The first kappa shape index (κ1) is 17.3. The van der Waals surface area contributed by atoms with Gasteiger partial charge in [-0.2, -0.15) is 5.10 Å². The highest BCUT2D eigenvalue weighted by atomic mass is 35.5. The molecule has 1 aromatic heterocycles. The Morgan fingerprint density at radius 2 is 2.04 bits per heavy atom. The van der Waals surface area contributed by atoms with E-state index in [2.05, 4.69) is 10.4 Å². The summed E-state index contributed by atoms with van der Waals surface area (Å²) >= 11 is 6.06. The molecule has 2 heterocycles. The highest BCUT2D eigenvalue weighted by molar-refractivity contribution is 6.30. The van der Waals surface area contributed by atoms with E-state index >= 15 is 0 Å². The number of aryl methyl sites for hydroxylation is 1. The maximum Gasteiger partial charge on any atom is 0.339 e. The largest absolute Gasteiger partial charge is 0.448 e. The van der Waals surface area contributed by atoms with Gasteiger partial charge in [-0.3, -0.25) is 4.79 Å². The summed E-state index contributed by atoms with van der Waals surface area (Å²) < 4.78 is 6.91. The van der Waals surface area contributed by atoms with Gasteiger partial charge < -0.3 is 10.1 Å². The van der Waals surface area contributed by atoms with Gasteiger partial charge in [0.2, 0.25) is 0 Å². The van der Waals surface area contributed by atoms with Crippen molar-refractivity contribution >= 4 is 29.3 Å². The molecule has 4 rings (SSSR count). The van der Waals surface area contributed by atoms with Gasteiger partial charge >= 0.3 is 5.97 Å². The smallest absolute Gasteiger partial charge is 0.339 e. The first-order valence-corrected chi connectivity index (χ1v) is 8.81. The molecular formula is C20H16ClN3O3. The van der Waals surface area contributed by atoms with Crippen LogP contribution in [0.25, 0.3) is 5.69 Å². The standard InChI is InChI=1S/C20H16ClN3O3/c1-12-9-18(24(23-12)15-7-4-6-14(21)11-15)22-19(25)17-10-13-5-2-3-8-16(13)20(26)27-17/h2-9,11,17H,10H2,1H3,(H,22,25). The van der Waals surface area contributed by atoms with Crippen LogP contribution in [0.4, 0.5) is 5.82 Å². The zero-order valence-electron chi connectivity index (χ0n) is 14.5. The molecule has 0 saturated carbocycles. The fourth-order valence-electron chi connectivity index (χ4n) is 3.08. The van der Waals surface area contributed by atoms with Crippen molar-refractivity contribution < 1.29 is 14.3 Å². The minimum atomic E-state index is -0.893. The van der Waals surface area contributed by atoms with Crippen LogP contribution in [0.2, 0.25) is 5.02 Å². The van der Waals surface area contributed by atoms with Gasteiger partial charge in [0.15, 0.2) is 6.10 Å². The predicted octanol–water partition coefficient (Wildman–Crippen LogP) is 3.55. The molecule has 7 heteroatoms. The van der Waals surface area contributed by atoms with Crippen molar-refractivity contribution in [2.24, 2.45) is 0 Å². The van der Waals surface area contributed by atoms with E-state index in [9.17, 15) is 9.59 Å². The molecule has 1 unspecified atom stereocenters. The van der Waals surface area contributed by atoms with Gasteiger partial charge in [0.1, 0.15) is 5.82 Å². The van der Waals surface area contributed by atoms with E-state index in [1.807, 2.05) is 25.1 Å². The lowest BCUT2D eigenvalue weighted by Crippen LogP contribution is -2.38. The molecule has 0 bridgehead atoms. The fourth-order valence-corrected chi connectivity index (χ4v) is 3.26. The molecule has 1 N–H and O–H groups in total. The molecule has 136 valence electrons. The van der Waals surface area contributed by atoms with Crippen LogP contribution in [0.1, 0.15) is 21.6 Å². The number of amides is 1. The average Bonchev–Trinajstić information content (AvgIpc) is 3.02. The fraction of sp³-hybridized carbons (Fsp3) is 0.150. The number of carbonyl (C=O) groups excluding carboxylic acids is 2. The summed E-state index contributed by atoms with van der Waals surface area (Å²) in [6.07, 6.45) is -0.562. The minimum absolute atomic E-state index is 0.331. The number of esters is 1. The third-order valence-electron chi connectivity index (χ3n) is 4.32. The first-order chi connectivity index (χ1) is 13.0. The second-order valence-electron chi connectivity index (χ2n) is 6.31. The molecule has 0 spiro atoms. The van der Waals surface area contributed by atoms with Crippen molar-refractivity contribution in [3.8, 4) is 5.69 Å². The Morgan fingerprint density at radius 1 is 1.22 bits per heavy atom. The summed E-state index contributed by atoms with van der Waals surface area (Å²) in [6.45, 7) is 1.83. The molecule has 1 amide bonds. The van der Waals surface area contributed by atoms with Crippen molar-refractivity contribution in [1.82, 2.24) is 9.78 Å². The molecule has 1 atom stereocenters. The van der Waals surface area contributed by atoms with Crippen molar-refractivity contribution in [2.45, 2.75) is 19.4 Å².